The average Bonchev–Trinajstić information content (AvgIpc) is 2.68. The number of nitrogens with zero attached hydrogens (tertiary/aromatic N) is 2. The van der Waals surface area contributed by atoms with Crippen LogP contribution in [0.1, 0.15) is 32.1 Å². The number of rotatable bonds is 6. The molecule has 0 saturated heterocycles. The molecule has 0 aliphatic heterocycles. The number of carbonyl (C=O) groups excluding carboxylic acids is 1. The van der Waals surface area contributed by atoms with Crippen molar-refractivity contribution in [3.05, 3.63) is 64.5 Å². The Morgan fingerprint density at radius 2 is 1.85 bits per heavy atom. The van der Waals surface area contributed by atoms with Gasteiger partial charge in [-0.15, -0.1) is 0 Å². The highest BCUT2D eigenvalue weighted by molar-refractivity contribution is 5.95. The van der Waals surface area contributed by atoms with Crippen LogP contribution in [0, 0.1) is 15.9 Å². The number of ether oxygens (including phenoxy) is 1. The Morgan fingerprint density at radius 1 is 1.15 bits per heavy atom. The molecule has 2 aromatic rings. The molecule has 1 saturated carbocycles. The maximum atomic E-state index is 13.5. The average molecular weight is 372 g/mol. The Kier molecular flexibility index (Phi) is 6.01. The highest BCUT2D eigenvalue weighted by atomic mass is 19.1. The number of nitro groups is 1. The van der Waals surface area contributed by atoms with Gasteiger partial charge < -0.3 is 9.64 Å². The van der Waals surface area contributed by atoms with Crippen LogP contribution in [0.15, 0.2) is 48.5 Å². The van der Waals surface area contributed by atoms with Crippen molar-refractivity contribution in [3.63, 3.8) is 0 Å². The van der Waals surface area contributed by atoms with Crippen molar-refractivity contribution in [1.82, 2.24) is 0 Å². The normalized spacial score (nSPS) is 14.6. The highest BCUT2D eigenvalue weighted by Crippen LogP contribution is 2.30. The molecule has 3 rings (SSSR count). The van der Waals surface area contributed by atoms with Gasteiger partial charge >= 0.3 is 5.69 Å². The Hall–Kier alpha value is -2.96. The van der Waals surface area contributed by atoms with Gasteiger partial charge in [-0.2, -0.15) is 0 Å². The van der Waals surface area contributed by atoms with Crippen molar-refractivity contribution in [2.75, 3.05) is 11.5 Å². The van der Waals surface area contributed by atoms with E-state index >= 15 is 0 Å². The SMILES string of the molecule is O=C(COc1cc(F)ccc1[N+](=O)[O-])N(c1ccccc1)C1CCCCC1. The molecule has 0 unspecified atom stereocenters. The smallest absolute Gasteiger partial charge is 0.311 e. The molecule has 7 heteroatoms. The summed E-state index contributed by atoms with van der Waals surface area (Å²) >= 11 is 0. The first-order valence-electron chi connectivity index (χ1n) is 9.00. The minimum atomic E-state index is -0.657. The van der Waals surface area contributed by atoms with Crippen LogP contribution in [-0.4, -0.2) is 23.5 Å². The summed E-state index contributed by atoms with van der Waals surface area (Å²) in [6.45, 7) is -0.393. The quantitative estimate of drug-likeness (QED) is 0.554. The number of para-hydroxylation sites is 1. The third kappa shape index (κ3) is 4.61. The van der Waals surface area contributed by atoms with E-state index in [1.807, 2.05) is 30.3 Å². The van der Waals surface area contributed by atoms with Gasteiger partial charge in [0.2, 0.25) is 5.75 Å². The van der Waals surface area contributed by atoms with Crippen LogP contribution >= 0.6 is 0 Å². The molecule has 0 radical (unpaired) electrons. The Bertz CT molecular complexity index is 807. The second kappa shape index (κ2) is 8.62. The Morgan fingerprint density at radius 3 is 2.52 bits per heavy atom. The molecule has 0 N–H and O–H groups in total. The number of hydrogen-bond acceptors (Lipinski definition) is 4. The van der Waals surface area contributed by atoms with Gasteiger partial charge in [0.25, 0.3) is 5.91 Å². The zero-order chi connectivity index (χ0) is 19.2. The largest absolute Gasteiger partial charge is 0.477 e. The fraction of sp³-hybridized carbons (Fsp3) is 0.350. The van der Waals surface area contributed by atoms with Crippen LogP contribution < -0.4 is 9.64 Å². The van der Waals surface area contributed by atoms with E-state index in [-0.39, 0.29) is 23.4 Å². The molecule has 1 aliphatic rings. The third-order valence-electron chi connectivity index (χ3n) is 4.71. The second-order valence-corrected chi connectivity index (χ2v) is 6.55. The molecule has 142 valence electrons. The predicted molar refractivity (Wildman–Crippen MR) is 99.4 cm³/mol. The molecule has 27 heavy (non-hydrogen) atoms. The van der Waals surface area contributed by atoms with Gasteiger partial charge in [-0.3, -0.25) is 14.9 Å². The number of benzene rings is 2. The zero-order valence-corrected chi connectivity index (χ0v) is 14.8. The predicted octanol–water partition coefficient (Wildman–Crippen LogP) is 4.48. The van der Waals surface area contributed by atoms with E-state index in [2.05, 4.69) is 0 Å². The molecule has 0 heterocycles. The van der Waals surface area contributed by atoms with Crippen molar-refractivity contribution in [1.29, 1.82) is 0 Å². The fourth-order valence-electron chi connectivity index (χ4n) is 3.45. The fourth-order valence-corrected chi connectivity index (χ4v) is 3.45. The Labute approximate surface area is 156 Å². The lowest BCUT2D eigenvalue weighted by Gasteiger charge is -2.34. The van der Waals surface area contributed by atoms with Crippen LogP contribution in [0.3, 0.4) is 0 Å². The monoisotopic (exact) mass is 372 g/mol. The van der Waals surface area contributed by atoms with Crippen LogP contribution in [-0.2, 0) is 4.79 Å². The van der Waals surface area contributed by atoms with Crippen LogP contribution in [0.4, 0.5) is 15.8 Å². The summed E-state index contributed by atoms with van der Waals surface area (Å²) < 4.78 is 18.8. The zero-order valence-electron chi connectivity index (χ0n) is 14.8. The van der Waals surface area contributed by atoms with Gasteiger partial charge in [0.15, 0.2) is 6.61 Å². The van der Waals surface area contributed by atoms with Crippen molar-refractivity contribution in [2.45, 2.75) is 38.1 Å². The van der Waals surface area contributed by atoms with Crippen LogP contribution in [0.5, 0.6) is 5.75 Å². The first-order valence-corrected chi connectivity index (χ1v) is 9.00. The van der Waals surface area contributed by atoms with Gasteiger partial charge in [0, 0.05) is 23.9 Å². The maximum Gasteiger partial charge on any atom is 0.311 e. The van der Waals surface area contributed by atoms with Gasteiger partial charge in [0.1, 0.15) is 5.82 Å². The van der Waals surface area contributed by atoms with E-state index in [1.54, 1.807) is 4.90 Å². The highest BCUT2D eigenvalue weighted by Gasteiger charge is 2.28. The minimum Gasteiger partial charge on any atom is -0.477 e. The number of nitro benzene ring substituents is 1. The molecule has 0 bridgehead atoms. The molecular formula is C20H21FN2O4. The van der Waals surface area contributed by atoms with Crippen molar-refractivity contribution < 1.29 is 18.8 Å². The molecule has 0 atom stereocenters. The first kappa shape index (κ1) is 18.8. The van der Waals surface area contributed by atoms with E-state index in [0.29, 0.717) is 0 Å². The molecular weight excluding hydrogens is 351 g/mol. The van der Waals surface area contributed by atoms with E-state index in [9.17, 15) is 19.3 Å². The van der Waals surface area contributed by atoms with E-state index in [4.69, 9.17) is 4.74 Å². The lowest BCUT2D eigenvalue weighted by molar-refractivity contribution is -0.385. The third-order valence-corrected chi connectivity index (χ3v) is 4.71. The molecule has 2 aromatic carbocycles. The summed E-state index contributed by atoms with van der Waals surface area (Å²) in [7, 11) is 0. The molecule has 1 fully saturated rings. The lowest BCUT2D eigenvalue weighted by Crippen LogP contribution is -2.44. The minimum absolute atomic E-state index is 0.0692. The standard InChI is InChI=1S/C20H21FN2O4/c21-15-11-12-18(23(25)26)19(13-15)27-14-20(24)22(16-7-3-1-4-8-16)17-9-5-2-6-10-17/h1,3-4,7-8,11-13,17H,2,5-6,9-10,14H2. The van der Waals surface area contributed by atoms with Gasteiger partial charge in [-0.05, 0) is 31.0 Å². The number of halogens is 1. The molecule has 1 aliphatic carbocycles. The van der Waals surface area contributed by atoms with Gasteiger partial charge in [-0.1, -0.05) is 37.5 Å². The second-order valence-electron chi connectivity index (χ2n) is 6.55. The molecule has 0 aromatic heterocycles. The number of hydrogen-bond donors (Lipinski definition) is 0. The summed E-state index contributed by atoms with van der Waals surface area (Å²) in [6.07, 6.45) is 5.07. The number of carbonyl (C=O) groups is 1. The lowest BCUT2D eigenvalue weighted by atomic mass is 9.93. The van der Waals surface area contributed by atoms with E-state index < -0.39 is 17.3 Å². The summed E-state index contributed by atoms with van der Waals surface area (Å²) in [4.78, 5) is 25.1. The summed E-state index contributed by atoms with van der Waals surface area (Å²) in [5.74, 6) is -1.20. The van der Waals surface area contributed by atoms with Gasteiger partial charge in [0.05, 0.1) is 4.92 Å². The first-order chi connectivity index (χ1) is 13.1. The van der Waals surface area contributed by atoms with E-state index in [0.717, 1.165) is 56.0 Å². The number of anilines is 1. The summed E-state index contributed by atoms with van der Waals surface area (Å²) in [5.41, 5.74) is 0.403. The topological polar surface area (TPSA) is 72.7 Å². The summed E-state index contributed by atoms with van der Waals surface area (Å²) in [5, 5.41) is 11.1. The Balaban J connectivity index is 1.79. The van der Waals surface area contributed by atoms with Crippen molar-refractivity contribution in [3.8, 4) is 5.75 Å². The van der Waals surface area contributed by atoms with Crippen LogP contribution in [0.25, 0.3) is 0 Å². The van der Waals surface area contributed by atoms with Gasteiger partial charge in [-0.25, -0.2) is 4.39 Å². The van der Waals surface area contributed by atoms with Crippen molar-refractivity contribution in [2.24, 2.45) is 0 Å². The van der Waals surface area contributed by atoms with E-state index in [1.165, 1.54) is 0 Å². The molecule has 6 nitrogen and oxygen atoms in total. The van der Waals surface area contributed by atoms with Crippen LogP contribution in [0.2, 0.25) is 0 Å². The summed E-state index contributed by atoms with van der Waals surface area (Å²) in [6, 6.07) is 12.3. The maximum absolute atomic E-state index is 13.5. The molecule has 0 spiro atoms. The molecule has 1 amide bonds. The number of amides is 1. The van der Waals surface area contributed by atoms with Crippen molar-refractivity contribution >= 4 is 17.3 Å².